The van der Waals surface area contributed by atoms with E-state index in [1.54, 1.807) is 24.5 Å². The number of nitrogens with one attached hydrogen (secondary N) is 1. The first-order valence-corrected chi connectivity index (χ1v) is 7.05. The minimum Gasteiger partial charge on any atom is -0.248 e. The topological polar surface area (TPSA) is 59.1 Å². The van der Waals surface area contributed by atoms with Crippen LogP contribution in [0.25, 0.3) is 0 Å². The van der Waals surface area contributed by atoms with Gasteiger partial charge in [-0.1, -0.05) is 6.92 Å². The molecule has 14 heavy (non-hydrogen) atoms. The first-order chi connectivity index (χ1) is 6.42. The number of sulfonamides is 1. The van der Waals surface area contributed by atoms with Crippen LogP contribution in [0.15, 0.2) is 6.20 Å². The van der Waals surface area contributed by atoms with E-state index in [2.05, 4.69) is 9.71 Å². The predicted octanol–water partition coefficient (Wildman–Crippen LogP) is 1.32. The summed E-state index contributed by atoms with van der Waals surface area (Å²) in [6.07, 6.45) is 3.88. The van der Waals surface area contributed by atoms with Crippen molar-refractivity contribution in [1.82, 2.24) is 9.71 Å². The van der Waals surface area contributed by atoms with Crippen LogP contribution in [-0.2, 0) is 16.4 Å². The van der Waals surface area contributed by atoms with Crippen molar-refractivity contribution < 1.29 is 8.42 Å². The van der Waals surface area contributed by atoms with Gasteiger partial charge in [-0.3, -0.25) is 0 Å². The maximum atomic E-state index is 11.0. The Morgan fingerprint density at radius 3 is 2.71 bits per heavy atom. The monoisotopic (exact) mass is 234 g/mol. The van der Waals surface area contributed by atoms with Gasteiger partial charge in [0.25, 0.3) is 0 Å². The second-order valence-corrected chi connectivity index (χ2v) is 6.06. The predicted molar refractivity (Wildman–Crippen MR) is 57.9 cm³/mol. The molecule has 4 nitrogen and oxygen atoms in total. The van der Waals surface area contributed by atoms with Crippen LogP contribution in [0.3, 0.4) is 0 Å². The van der Waals surface area contributed by atoms with Crippen molar-refractivity contribution in [1.29, 1.82) is 0 Å². The van der Waals surface area contributed by atoms with Gasteiger partial charge in [0, 0.05) is 11.1 Å². The van der Waals surface area contributed by atoms with E-state index in [4.69, 9.17) is 0 Å². The molecule has 0 fully saturated rings. The Morgan fingerprint density at radius 2 is 2.29 bits per heavy atom. The smallest absolute Gasteiger partial charge is 0.209 e. The van der Waals surface area contributed by atoms with E-state index < -0.39 is 10.0 Å². The summed E-state index contributed by atoms with van der Waals surface area (Å²) in [6.45, 7) is 3.84. The van der Waals surface area contributed by atoms with Crippen molar-refractivity contribution in [3.63, 3.8) is 0 Å². The molecule has 1 rings (SSSR count). The highest BCUT2D eigenvalue weighted by Crippen LogP contribution is 2.20. The molecule has 1 unspecified atom stereocenters. The molecule has 0 aromatic carbocycles. The largest absolute Gasteiger partial charge is 0.248 e. The van der Waals surface area contributed by atoms with E-state index in [-0.39, 0.29) is 6.04 Å². The molecular formula is C8H14N2O2S2. The fourth-order valence-corrected chi connectivity index (χ4v) is 2.75. The zero-order valence-corrected chi connectivity index (χ0v) is 10.1. The normalized spacial score (nSPS) is 14.2. The molecule has 1 heterocycles. The quantitative estimate of drug-likeness (QED) is 0.854. The molecule has 0 aliphatic carbocycles. The maximum Gasteiger partial charge on any atom is 0.209 e. The van der Waals surface area contributed by atoms with E-state index in [1.165, 1.54) is 4.88 Å². The van der Waals surface area contributed by atoms with Crippen LogP contribution >= 0.6 is 11.3 Å². The number of rotatable bonds is 4. The number of aryl methyl sites for hydroxylation is 1. The average Bonchev–Trinajstić information content (AvgIpc) is 2.48. The van der Waals surface area contributed by atoms with E-state index in [1.807, 2.05) is 6.92 Å². The first-order valence-electron chi connectivity index (χ1n) is 4.34. The lowest BCUT2D eigenvalue weighted by Gasteiger charge is -2.07. The van der Waals surface area contributed by atoms with Gasteiger partial charge in [0.05, 0.1) is 12.3 Å². The summed E-state index contributed by atoms with van der Waals surface area (Å²) in [7, 11) is -3.15. The molecule has 1 N–H and O–H groups in total. The maximum absolute atomic E-state index is 11.0. The zero-order valence-electron chi connectivity index (χ0n) is 8.44. The van der Waals surface area contributed by atoms with Crippen molar-refractivity contribution in [2.24, 2.45) is 0 Å². The molecule has 1 aromatic heterocycles. The minimum atomic E-state index is -3.15. The van der Waals surface area contributed by atoms with Gasteiger partial charge in [0.15, 0.2) is 0 Å². The van der Waals surface area contributed by atoms with Crippen LogP contribution in [0.4, 0.5) is 0 Å². The van der Waals surface area contributed by atoms with Crippen molar-refractivity contribution in [2.75, 3.05) is 6.26 Å². The third kappa shape index (κ3) is 3.36. The molecule has 0 saturated carbocycles. The Hall–Kier alpha value is -0.460. The van der Waals surface area contributed by atoms with Crippen LogP contribution in [-0.4, -0.2) is 19.7 Å². The summed E-state index contributed by atoms with van der Waals surface area (Å²) >= 11 is 1.54. The van der Waals surface area contributed by atoms with Gasteiger partial charge in [0.2, 0.25) is 10.0 Å². The highest BCUT2D eigenvalue weighted by atomic mass is 32.2. The fraction of sp³-hybridized carbons (Fsp3) is 0.625. The van der Waals surface area contributed by atoms with Gasteiger partial charge in [-0.25, -0.2) is 18.1 Å². The van der Waals surface area contributed by atoms with E-state index in [9.17, 15) is 8.42 Å². The number of thiazole rings is 1. The number of hydrogen-bond acceptors (Lipinski definition) is 4. The Bertz CT molecular complexity index is 397. The summed E-state index contributed by atoms with van der Waals surface area (Å²) in [5.41, 5.74) is 0. The highest BCUT2D eigenvalue weighted by Gasteiger charge is 2.13. The molecule has 0 radical (unpaired) electrons. The van der Waals surface area contributed by atoms with Crippen LogP contribution in [0.5, 0.6) is 0 Å². The lowest BCUT2D eigenvalue weighted by Crippen LogP contribution is -2.25. The summed E-state index contributed by atoms with van der Waals surface area (Å²) < 4.78 is 24.4. The molecule has 0 aliphatic rings. The van der Waals surface area contributed by atoms with Gasteiger partial charge in [-0.2, -0.15) is 0 Å². The zero-order chi connectivity index (χ0) is 10.8. The molecule has 0 bridgehead atoms. The van der Waals surface area contributed by atoms with Gasteiger partial charge in [-0.15, -0.1) is 11.3 Å². The lowest BCUT2D eigenvalue weighted by atomic mass is 10.4. The van der Waals surface area contributed by atoms with Crippen LogP contribution < -0.4 is 4.72 Å². The third-order valence-corrected chi connectivity index (χ3v) is 3.79. The lowest BCUT2D eigenvalue weighted by molar-refractivity contribution is 0.572. The molecule has 0 spiro atoms. The molecular weight excluding hydrogens is 220 g/mol. The Balaban J connectivity index is 2.74. The van der Waals surface area contributed by atoms with Crippen molar-refractivity contribution in [2.45, 2.75) is 26.3 Å². The van der Waals surface area contributed by atoms with E-state index in [0.29, 0.717) is 0 Å². The SMILES string of the molecule is CCc1cnc(C(C)NS(C)(=O)=O)s1. The number of nitrogens with zero attached hydrogens (tertiary/aromatic N) is 1. The van der Waals surface area contributed by atoms with E-state index in [0.717, 1.165) is 17.7 Å². The van der Waals surface area contributed by atoms with Crippen molar-refractivity contribution in [3.8, 4) is 0 Å². The summed E-state index contributed by atoms with van der Waals surface area (Å²) in [5, 5.41) is 0.812. The second kappa shape index (κ2) is 4.37. The Kier molecular flexibility index (Phi) is 3.63. The molecule has 1 atom stereocenters. The van der Waals surface area contributed by atoms with Crippen LogP contribution in [0.2, 0.25) is 0 Å². The van der Waals surface area contributed by atoms with Gasteiger partial charge in [0.1, 0.15) is 5.01 Å². The van der Waals surface area contributed by atoms with Gasteiger partial charge in [-0.05, 0) is 13.3 Å². The Labute approximate surface area is 88.4 Å². The summed E-state index contributed by atoms with van der Waals surface area (Å²) in [4.78, 5) is 5.33. The van der Waals surface area contributed by atoms with Gasteiger partial charge >= 0.3 is 0 Å². The second-order valence-electron chi connectivity index (χ2n) is 3.13. The van der Waals surface area contributed by atoms with Gasteiger partial charge < -0.3 is 0 Å². The van der Waals surface area contributed by atoms with Crippen LogP contribution in [0.1, 0.15) is 29.8 Å². The molecule has 6 heteroatoms. The molecule has 80 valence electrons. The minimum absolute atomic E-state index is 0.240. The third-order valence-electron chi connectivity index (χ3n) is 1.68. The Morgan fingerprint density at radius 1 is 1.64 bits per heavy atom. The molecule has 0 saturated heterocycles. The standard InChI is InChI=1S/C8H14N2O2S2/c1-4-7-5-9-8(13-7)6(2)10-14(3,11)12/h5-6,10H,4H2,1-3H3. The number of aromatic nitrogens is 1. The summed E-state index contributed by atoms with van der Waals surface area (Å²) in [5.74, 6) is 0. The van der Waals surface area contributed by atoms with Crippen molar-refractivity contribution >= 4 is 21.4 Å². The summed E-state index contributed by atoms with van der Waals surface area (Å²) in [6, 6.07) is -0.240. The molecule has 1 aromatic rings. The number of hydrogen-bond donors (Lipinski definition) is 1. The highest BCUT2D eigenvalue weighted by molar-refractivity contribution is 7.88. The average molecular weight is 234 g/mol. The van der Waals surface area contributed by atoms with E-state index >= 15 is 0 Å². The molecule has 0 aliphatic heterocycles. The van der Waals surface area contributed by atoms with Crippen LogP contribution in [0, 0.1) is 0 Å². The molecule has 0 amide bonds. The first kappa shape index (κ1) is 11.6. The van der Waals surface area contributed by atoms with Crippen molar-refractivity contribution in [3.05, 3.63) is 16.1 Å². The fourth-order valence-electron chi connectivity index (χ4n) is 1.06.